The number of rotatable bonds is 5. The minimum atomic E-state index is -1.98. The van der Waals surface area contributed by atoms with Crippen molar-refractivity contribution in [3.63, 3.8) is 0 Å². The lowest BCUT2D eigenvalue weighted by atomic mass is 9.48. The Morgan fingerprint density at radius 2 is 1.86 bits per heavy atom. The number of H-pyrrole nitrogens is 1. The van der Waals surface area contributed by atoms with Crippen molar-refractivity contribution in [2.24, 2.45) is 11.3 Å². The maximum absolute atomic E-state index is 13.2. The number of fused-ring (bicyclic) bond motifs is 6. The highest BCUT2D eigenvalue weighted by Gasteiger charge is 2.77. The van der Waals surface area contributed by atoms with Gasteiger partial charge in [0, 0.05) is 89.4 Å². The number of piperidine rings is 1. The summed E-state index contributed by atoms with van der Waals surface area (Å²) in [5.74, 6) is 1.02. The molecule has 6 aliphatic rings. The maximum atomic E-state index is 13.2. The standard InChI is InChI=1S/C42H54N4O5/c1-6-39(49)22-26-21-38(3,34-28(13-17-45(23-26)24-39)27-11-8-9-12-31(27)43-34)30-19-29-32(20-33(30)51-5)44(4)36-41(29)15-18-46-16-10-14-40(7-2,35(41)46)37(48)42(36,50)25-47/h8-12,14,19-20,25-26,35-37,43,48-50H,6-7,13,15-18,21-24H2,1-5H3/t26?,35-,36?,37-,38-,39+,40-,41-,42+/m1/s1. The number of aromatic nitrogens is 1. The third kappa shape index (κ3) is 4.18. The van der Waals surface area contributed by atoms with Crippen molar-refractivity contribution in [1.29, 1.82) is 0 Å². The summed E-state index contributed by atoms with van der Waals surface area (Å²) < 4.78 is 6.37. The number of para-hydroxylation sites is 1. The number of carbonyl (C=O) groups is 1. The lowest BCUT2D eigenvalue weighted by Gasteiger charge is -2.62. The van der Waals surface area contributed by atoms with Gasteiger partial charge in [0.25, 0.3) is 0 Å². The van der Waals surface area contributed by atoms with Crippen LogP contribution in [-0.2, 0) is 22.0 Å². The molecule has 272 valence electrons. The summed E-state index contributed by atoms with van der Waals surface area (Å²) in [6.07, 6.45) is 8.15. The quantitative estimate of drug-likeness (QED) is 0.231. The monoisotopic (exact) mass is 694 g/mol. The highest BCUT2D eigenvalue weighted by molar-refractivity contribution is 5.86. The molecule has 0 amide bonds. The number of aliphatic hydroxyl groups excluding tert-OH is 1. The van der Waals surface area contributed by atoms with Crippen molar-refractivity contribution in [2.45, 2.75) is 99.5 Å². The highest BCUT2D eigenvalue weighted by atomic mass is 16.5. The van der Waals surface area contributed by atoms with Crippen LogP contribution in [0.4, 0.5) is 5.69 Å². The van der Waals surface area contributed by atoms with Crippen LogP contribution in [0, 0.1) is 11.3 Å². The first-order chi connectivity index (χ1) is 24.4. The first kappa shape index (κ1) is 33.6. The molecule has 1 spiro atoms. The number of hydrogen-bond acceptors (Lipinski definition) is 8. The molecule has 1 aliphatic carbocycles. The molecule has 3 aromatic rings. The number of nitrogens with zero attached hydrogens (tertiary/aromatic N) is 3. The van der Waals surface area contributed by atoms with Crippen LogP contribution in [0.25, 0.3) is 10.9 Å². The van der Waals surface area contributed by atoms with Crippen molar-refractivity contribution in [1.82, 2.24) is 14.8 Å². The molecule has 2 bridgehead atoms. The Hall–Kier alpha value is -3.21. The molecule has 9 heteroatoms. The van der Waals surface area contributed by atoms with Gasteiger partial charge in [0.1, 0.15) is 11.9 Å². The van der Waals surface area contributed by atoms with Crippen LogP contribution >= 0.6 is 0 Å². The summed E-state index contributed by atoms with van der Waals surface area (Å²) in [5, 5.41) is 37.7. The van der Waals surface area contributed by atoms with Crippen LogP contribution in [0.15, 0.2) is 48.6 Å². The molecule has 2 aromatic carbocycles. The number of hydrogen-bond donors (Lipinski definition) is 4. The summed E-state index contributed by atoms with van der Waals surface area (Å²) in [7, 11) is 3.71. The molecule has 9 rings (SSSR count). The zero-order valence-corrected chi connectivity index (χ0v) is 30.8. The lowest BCUT2D eigenvalue weighted by Crippen LogP contribution is -2.79. The number of methoxy groups -OCH3 is 1. The van der Waals surface area contributed by atoms with E-state index >= 15 is 0 Å². The van der Waals surface area contributed by atoms with E-state index in [-0.39, 0.29) is 12.0 Å². The Morgan fingerprint density at radius 3 is 2.61 bits per heavy atom. The van der Waals surface area contributed by atoms with E-state index in [2.05, 4.69) is 89.0 Å². The predicted molar refractivity (Wildman–Crippen MR) is 199 cm³/mol. The number of aldehydes is 1. The van der Waals surface area contributed by atoms with E-state index in [9.17, 15) is 20.1 Å². The van der Waals surface area contributed by atoms with E-state index in [1.165, 1.54) is 16.6 Å². The number of ether oxygens (including phenoxy) is 1. The fourth-order valence-corrected chi connectivity index (χ4v) is 12.8. The van der Waals surface area contributed by atoms with E-state index in [1.807, 2.05) is 7.05 Å². The lowest BCUT2D eigenvalue weighted by molar-refractivity contribution is -0.193. The summed E-state index contributed by atoms with van der Waals surface area (Å²) >= 11 is 0. The summed E-state index contributed by atoms with van der Waals surface area (Å²) in [6, 6.07) is 12.4. The maximum Gasteiger partial charge on any atom is 0.167 e. The number of aliphatic hydroxyl groups is 3. The van der Waals surface area contributed by atoms with Gasteiger partial charge < -0.3 is 29.9 Å². The Labute approximate surface area is 301 Å². The fraction of sp³-hybridized carbons (Fsp3) is 0.595. The minimum absolute atomic E-state index is 0.0893. The van der Waals surface area contributed by atoms with Crippen molar-refractivity contribution in [3.8, 4) is 5.75 Å². The molecule has 5 aliphatic heterocycles. The molecule has 10 atom stereocenters. The summed E-state index contributed by atoms with van der Waals surface area (Å²) in [6.45, 7) is 10.7. The average Bonchev–Trinajstić information content (AvgIpc) is 3.80. The van der Waals surface area contributed by atoms with E-state index in [1.54, 1.807) is 7.11 Å². The first-order valence-corrected chi connectivity index (χ1v) is 19.2. The SMILES string of the molecule is CC[C@]1(O)CC2CN(CCc3c([nH]c4ccccc34)[C@@](C)(c3cc4c(cc3OC)N(C)C3[C@]45CCN4CC=C[C@](CC)([C@@H]45)[C@@H](O)[C@]3(O)C=O)C2)C1. The molecule has 0 radical (unpaired) electrons. The first-order valence-electron chi connectivity index (χ1n) is 19.2. The van der Waals surface area contributed by atoms with Crippen LogP contribution in [0.5, 0.6) is 5.75 Å². The van der Waals surface area contributed by atoms with Gasteiger partial charge in [-0.15, -0.1) is 0 Å². The molecule has 9 nitrogen and oxygen atoms in total. The molecular formula is C42H54N4O5. The normalized spacial score (nSPS) is 41.3. The van der Waals surface area contributed by atoms with Gasteiger partial charge >= 0.3 is 0 Å². The van der Waals surface area contributed by atoms with Gasteiger partial charge in [-0.05, 0) is 81.2 Å². The Bertz CT molecular complexity index is 1940. The van der Waals surface area contributed by atoms with Crippen molar-refractivity contribution in [3.05, 3.63) is 70.9 Å². The van der Waals surface area contributed by atoms with E-state index in [0.29, 0.717) is 19.3 Å². The second kappa shape index (κ2) is 11.2. The third-order valence-electron chi connectivity index (χ3n) is 14.9. The number of carbonyl (C=O) groups excluding carboxylic acids is 1. The van der Waals surface area contributed by atoms with Gasteiger partial charge in [0.05, 0.1) is 18.8 Å². The topological polar surface area (TPSA) is 112 Å². The second-order valence-electron chi connectivity index (χ2n) is 17.2. The summed E-state index contributed by atoms with van der Waals surface area (Å²) in [4.78, 5) is 24.2. The number of likely N-dealkylation sites (N-methyl/N-ethyl adjacent to an activating group) is 1. The van der Waals surface area contributed by atoms with Crippen molar-refractivity contribution in [2.75, 3.05) is 51.8 Å². The Balaban J connectivity index is 1.31. The number of aromatic amines is 1. The van der Waals surface area contributed by atoms with E-state index in [4.69, 9.17) is 4.74 Å². The van der Waals surface area contributed by atoms with Crippen LogP contribution in [0.2, 0.25) is 0 Å². The molecule has 6 heterocycles. The van der Waals surface area contributed by atoms with Crippen molar-refractivity contribution < 1.29 is 24.9 Å². The molecule has 1 saturated carbocycles. The number of nitrogens with one attached hydrogen (secondary N) is 1. The fourth-order valence-electron chi connectivity index (χ4n) is 12.8. The largest absolute Gasteiger partial charge is 0.496 e. The second-order valence-corrected chi connectivity index (χ2v) is 17.2. The van der Waals surface area contributed by atoms with Crippen LogP contribution < -0.4 is 9.64 Å². The average molecular weight is 695 g/mol. The zero-order valence-electron chi connectivity index (χ0n) is 30.8. The van der Waals surface area contributed by atoms with Gasteiger partial charge in [-0.3, -0.25) is 14.6 Å². The van der Waals surface area contributed by atoms with Gasteiger partial charge in [-0.25, -0.2) is 0 Å². The van der Waals surface area contributed by atoms with Gasteiger partial charge in [-0.2, -0.15) is 0 Å². The van der Waals surface area contributed by atoms with Gasteiger partial charge in [-0.1, -0.05) is 44.2 Å². The van der Waals surface area contributed by atoms with Gasteiger partial charge in [0.2, 0.25) is 0 Å². The van der Waals surface area contributed by atoms with Gasteiger partial charge in [0.15, 0.2) is 11.9 Å². The molecule has 2 saturated heterocycles. The molecule has 51 heavy (non-hydrogen) atoms. The van der Waals surface area contributed by atoms with Crippen LogP contribution in [0.1, 0.15) is 75.3 Å². The smallest absolute Gasteiger partial charge is 0.167 e. The molecule has 3 fully saturated rings. The van der Waals surface area contributed by atoms with Crippen LogP contribution in [0.3, 0.4) is 0 Å². The van der Waals surface area contributed by atoms with E-state index < -0.39 is 39.6 Å². The molecule has 1 aromatic heterocycles. The minimum Gasteiger partial charge on any atom is -0.496 e. The Morgan fingerprint density at radius 1 is 1.06 bits per heavy atom. The summed E-state index contributed by atoms with van der Waals surface area (Å²) in [5.41, 5.74) is 2.21. The number of benzene rings is 2. The number of anilines is 1. The third-order valence-corrected chi connectivity index (χ3v) is 14.9. The predicted octanol–water partition coefficient (Wildman–Crippen LogP) is 4.29. The highest BCUT2D eigenvalue weighted by Crippen LogP contribution is 2.67. The Kier molecular flexibility index (Phi) is 7.35. The molecular weight excluding hydrogens is 640 g/mol. The molecule has 4 N–H and O–H groups in total. The van der Waals surface area contributed by atoms with Crippen LogP contribution in [-0.4, -0.2) is 113 Å². The zero-order chi connectivity index (χ0) is 35.7. The van der Waals surface area contributed by atoms with Crippen molar-refractivity contribution >= 4 is 22.9 Å². The molecule has 3 unspecified atom stereocenters. The van der Waals surface area contributed by atoms with E-state index in [0.717, 1.165) is 86.4 Å².